The minimum Gasteiger partial charge on any atom is -0.497 e. The van der Waals surface area contributed by atoms with Crippen LogP contribution >= 0.6 is 11.3 Å². The van der Waals surface area contributed by atoms with Crippen LogP contribution in [-0.2, 0) is 0 Å². The van der Waals surface area contributed by atoms with Crippen LogP contribution in [0.3, 0.4) is 0 Å². The summed E-state index contributed by atoms with van der Waals surface area (Å²) in [5.41, 5.74) is 1.49. The molecule has 1 heterocycles. The van der Waals surface area contributed by atoms with Crippen molar-refractivity contribution >= 4 is 27.5 Å². The van der Waals surface area contributed by atoms with Crippen LogP contribution in [0.25, 0.3) is 20.8 Å². The number of aromatic nitrogens is 1. The Morgan fingerprint density at radius 2 is 2.10 bits per heavy atom. The van der Waals surface area contributed by atoms with Gasteiger partial charge in [-0.25, -0.2) is 14.2 Å². The topological polar surface area (TPSA) is 59.4 Å². The second-order valence-corrected chi connectivity index (χ2v) is 5.42. The number of ether oxygens (including phenoxy) is 1. The first kappa shape index (κ1) is 13.5. The molecule has 2 aromatic carbocycles. The van der Waals surface area contributed by atoms with E-state index in [2.05, 4.69) is 4.98 Å². The number of hydrogen-bond donors (Lipinski definition) is 1. The maximum atomic E-state index is 13.5. The summed E-state index contributed by atoms with van der Waals surface area (Å²) in [5, 5.41) is 9.61. The molecule has 0 fully saturated rings. The number of hydrogen-bond acceptors (Lipinski definition) is 4. The molecule has 0 aliphatic rings. The van der Waals surface area contributed by atoms with Crippen LogP contribution in [0.2, 0.25) is 0 Å². The van der Waals surface area contributed by atoms with Crippen molar-refractivity contribution in [3.05, 3.63) is 47.8 Å². The molecule has 0 atom stereocenters. The highest BCUT2D eigenvalue weighted by molar-refractivity contribution is 7.21. The van der Waals surface area contributed by atoms with Crippen molar-refractivity contribution in [3.8, 4) is 16.3 Å². The van der Waals surface area contributed by atoms with E-state index in [4.69, 9.17) is 9.84 Å². The van der Waals surface area contributed by atoms with Crippen molar-refractivity contribution in [2.24, 2.45) is 0 Å². The lowest BCUT2D eigenvalue weighted by molar-refractivity contribution is 0.0697. The van der Waals surface area contributed by atoms with Crippen LogP contribution in [0.5, 0.6) is 5.75 Å². The number of methoxy groups -OCH3 is 1. The molecule has 0 saturated carbocycles. The summed E-state index contributed by atoms with van der Waals surface area (Å²) in [7, 11) is 1.47. The number of carbonyl (C=O) groups is 1. The van der Waals surface area contributed by atoms with Crippen LogP contribution < -0.4 is 4.74 Å². The minimum atomic E-state index is -0.987. The van der Waals surface area contributed by atoms with Crippen LogP contribution in [0.1, 0.15) is 10.4 Å². The molecule has 0 unspecified atom stereocenters. The number of thiazole rings is 1. The highest BCUT2D eigenvalue weighted by atomic mass is 32.1. The molecular weight excluding hydrogens is 293 g/mol. The van der Waals surface area contributed by atoms with Gasteiger partial charge in [0.15, 0.2) is 0 Å². The van der Waals surface area contributed by atoms with E-state index in [0.717, 1.165) is 4.70 Å². The van der Waals surface area contributed by atoms with E-state index in [-0.39, 0.29) is 5.56 Å². The van der Waals surface area contributed by atoms with Crippen molar-refractivity contribution in [3.63, 3.8) is 0 Å². The maximum absolute atomic E-state index is 13.5. The van der Waals surface area contributed by atoms with Gasteiger partial charge in [-0.3, -0.25) is 0 Å². The van der Waals surface area contributed by atoms with Gasteiger partial charge in [-0.05, 0) is 30.3 Å². The zero-order valence-electron chi connectivity index (χ0n) is 11.0. The molecule has 0 spiro atoms. The largest absolute Gasteiger partial charge is 0.497 e. The first-order valence-electron chi connectivity index (χ1n) is 6.05. The zero-order valence-corrected chi connectivity index (χ0v) is 11.8. The van der Waals surface area contributed by atoms with E-state index < -0.39 is 11.8 Å². The Balaban J connectivity index is 2.12. The third-order valence-electron chi connectivity index (χ3n) is 2.99. The Morgan fingerprint density at radius 1 is 1.29 bits per heavy atom. The summed E-state index contributed by atoms with van der Waals surface area (Å²) in [6, 6.07) is 9.07. The normalized spacial score (nSPS) is 10.8. The van der Waals surface area contributed by atoms with Crippen molar-refractivity contribution in [2.75, 3.05) is 7.11 Å². The molecule has 0 aliphatic carbocycles. The first-order chi connectivity index (χ1) is 10.1. The van der Waals surface area contributed by atoms with Crippen LogP contribution in [0, 0.1) is 5.82 Å². The third kappa shape index (κ3) is 2.57. The van der Waals surface area contributed by atoms with Crippen molar-refractivity contribution in [1.29, 1.82) is 0 Å². The SMILES string of the molecule is COc1cc(F)cc(-c2nc3ccc(C(=O)O)cc3s2)c1. The average molecular weight is 303 g/mol. The summed E-state index contributed by atoms with van der Waals surface area (Å²) < 4.78 is 19.3. The van der Waals surface area contributed by atoms with Gasteiger partial charge in [-0.15, -0.1) is 11.3 Å². The predicted octanol–water partition coefficient (Wildman–Crippen LogP) is 3.81. The van der Waals surface area contributed by atoms with Gasteiger partial charge in [-0.2, -0.15) is 0 Å². The summed E-state index contributed by atoms with van der Waals surface area (Å²) in [6.45, 7) is 0. The maximum Gasteiger partial charge on any atom is 0.335 e. The lowest BCUT2D eigenvalue weighted by Crippen LogP contribution is -1.94. The highest BCUT2D eigenvalue weighted by Gasteiger charge is 2.11. The molecule has 0 radical (unpaired) electrons. The number of carboxylic acids is 1. The molecule has 3 aromatic rings. The smallest absolute Gasteiger partial charge is 0.335 e. The van der Waals surface area contributed by atoms with Gasteiger partial charge in [0.05, 0.1) is 22.9 Å². The molecule has 106 valence electrons. The van der Waals surface area contributed by atoms with E-state index >= 15 is 0 Å². The van der Waals surface area contributed by atoms with Gasteiger partial charge >= 0.3 is 5.97 Å². The van der Waals surface area contributed by atoms with Crippen molar-refractivity contribution in [2.45, 2.75) is 0 Å². The number of aromatic carboxylic acids is 1. The second kappa shape index (κ2) is 5.14. The van der Waals surface area contributed by atoms with E-state index in [1.54, 1.807) is 18.2 Å². The molecule has 6 heteroatoms. The van der Waals surface area contributed by atoms with Crippen LogP contribution in [0.15, 0.2) is 36.4 Å². The minimum absolute atomic E-state index is 0.203. The van der Waals surface area contributed by atoms with Gasteiger partial charge < -0.3 is 9.84 Å². The predicted molar refractivity (Wildman–Crippen MR) is 78.5 cm³/mol. The van der Waals surface area contributed by atoms with Crippen LogP contribution in [0.4, 0.5) is 4.39 Å². The molecular formula is C15H10FNO3S. The molecule has 0 aliphatic heterocycles. The summed E-state index contributed by atoms with van der Waals surface area (Å²) in [5.74, 6) is -0.982. The van der Waals surface area contributed by atoms with E-state index in [9.17, 15) is 9.18 Å². The Bertz CT molecular complexity index is 844. The number of nitrogens with zero attached hydrogens (tertiary/aromatic N) is 1. The Labute approximate surface area is 123 Å². The van der Waals surface area contributed by atoms with Gasteiger partial charge in [-0.1, -0.05) is 0 Å². The second-order valence-electron chi connectivity index (χ2n) is 4.39. The van der Waals surface area contributed by atoms with Crippen LogP contribution in [-0.4, -0.2) is 23.2 Å². The molecule has 21 heavy (non-hydrogen) atoms. The quantitative estimate of drug-likeness (QED) is 0.799. The number of carboxylic acid groups (broad SMARTS) is 1. The fraction of sp³-hybridized carbons (Fsp3) is 0.0667. The van der Waals surface area contributed by atoms with E-state index in [1.807, 2.05) is 0 Å². The van der Waals surface area contributed by atoms with Crippen molar-refractivity contribution < 1.29 is 19.0 Å². The number of rotatable bonds is 3. The summed E-state index contributed by atoms with van der Waals surface area (Å²) in [4.78, 5) is 15.4. The fourth-order valence-electron chi connectivity index (χ4n) is 1.99. The van der Waals surface area contributed by atoms with E-state index in [0.29, 0.717) is 21.8 Å². The Kier molecular flexibility index (Phi) is 3.31. The van der Waals surface area contributed by atoms with Gasteiger partial charge in [0.2, 0.25) is 0 Å². The molecule has 0 amide bonds. The molecule has 0 saturated heterocycles. The molecule has 3 rings (SSSR count). The summed E-state index contributed by atoms with van der Waals surface area (Å²) >= 11 is 1.31. The zero-order chi connectivity index (χ0) is 15.0. The van der Waals surface area contributed by atoms with E-state index in [1.165, 1.54) is 36.6 Å². The molecule has 1 aromatic heterocycles. The molecule has 1 N–H and O–H groups in total. The number of benzene rings is 2. The first-order valence-corrected chi connectivity index (χ1v) is 6.87. The molecule has 4 nitrogen and oxygen atoms in total. The monoisotopic (exact) mass is 303 g/mol. The number of fused-ring (bicyclic) bond motifs is 1. The lowest BCUT2D eigenvalue weighted by Gasteiger charge is -2.02. The number of halogens is 1. The lowest BCUT2D eigenvalue weighted by atomic mass is 10.2. The Morgan fingerprint density at radius 3 is 2.81 bits per heavy atom. The summed E-state index contributed by atoms with van der Waals surface area (Å²) in [6.07, 6.45) is 0. The Hall–Kier alpha value is -2.47. The fourth-order valence-corrected chi connectivity index (χ4v) is 2.98. The standard InChI is InChI=1S/C15H10FNO3S/c1-20-11-5-9(4-10(16)7-11)14-17-12-3-2-8(15(18)19)6-13(12)21-14/h2-7H,1H3,(H,18,19). The average Bonchev–Trinajstić information content (AvgIpc) is 2.89. The third-order valence-corrected chi connectivity index (χ3v) is 4.06. The van der Waals surface area contributed by atoms with Crippen molar-refractivity contribution in [1.82, 2.24) is 4.98 Å². The highest BCUT2D eigenvalue weighted by Crippen LogP contribution is 2.33. The van der Waals surface area contributed by atoms with Gasteiger partial charge in [0.25, 0.3) is 0 Å². The van der Waals surface area contributed by atoms with Gasteiger partial charge in [0.1, 0.15) is 16.6 Å². The molecule has 0 bridgehead atoms. The van der Waals surface area contributed by atoms with Gasteiger partial charge in [0, 0.05) is 11.6 Å².